The maximum absolute atomic E-state index is 12.4. The van der Waals surface area contributed by atoms with E-state index in [9.17, 15) is 13.2 Å². The number of hydrogen-bond donors (Lipinski definition) is 0. The highest BCUT2D eigenvalue weighted by Crippen LogP contribution is 2.16. The molecule has 7 heteroatoms. The smallest absolute Gasteiger partial charge is 0.243 e. The van der Waals surface area contributed by atoms with Gasteiger partial charge in [0.2, 0.25) is 15.9 Å². The summed E-state index contributed by atoms with van der Waals surface area (Å²) in [5.41, 5.74) is 0.393. The monoisotopic (exact) mass is 307 g/mol. The third kappa shape index (κ3) is 3.40. The van der Waals surface area contributed by atoms with Crippen LogP contribution in [0.1, 0.15) is 18.4 Å². The summed E-state index contributed by atoms with van der Waals surface area (Å²) in [6.45, 7) is 1.23. The SMILES string of the molecule is CN(CC(=O)N1CCCC1)S(=O)(=O)c1ccc(C#N)cc1. The van der Waals surface area contributed by atoms with E-state index in [4.69, 9.17) is 5.26 Å². The number of nitriles is 1. The second-order valence-electron chi connectivity index (χ2n) is 4.99. The third-order valence-electron chi connectivity index (χ3n) is 3.51. The molecule has 0 spiro atoms. The van der Waals surface area contributed by atoms with Crippen LogP contribution in [-0.2, 0) is 14.8 Å². The van der Waals surface area contributed by atoms with Gasteiger partial charge in [-0.25, -0.2) is 8.42 Å². The highest BCUT2D eigenvalue weighted by molar-refractivity contribution is 7.89. The van der Waals surface area contributed by atoms with Crippen LogP contribution < -0.4 is 0 Å². The predicted octanol–water partition coefficient (Wildman–Crippen LogP) is 0.801. The number of carbonyl (C=O) groups excluding carboxylic acids is 1. The lowest BCUT2D eigenvalue weighted by Crippen LogP contribution is -2.39. The lowest BCUT2D eigenvalue weighted by Gasteiger charge is -2.21. The molecule has 0 atom stereocenters. The van der Waals surface area contributed by atoms with Crippen LogP contribution >= 0.6 is 0 Å². The number of hydrogen-bond acceptors (Lipinski definition) is 4. The van der Waals surface area contributed by atoms with E-state index in [1.165, 1.54) is 31.3 Å². The minimum atomic E-state index is -3.71. The predicted molar refractivity (Wildman–Crippen MR) is 76.8 cm³/mol. The van der Waals surface area contributed by atoms with E-state index in [0.29, 0.717) is 18.7 Å². The molecule has 6 nitrogen and oxygen atoms in total. The number of sulfonamides is 1. The van der Waals surface area contributed by atoms with Gasteiger partial charge in [0.15, 0.2) is 0 Å². The molecule has 21 heavy (non-hydrogen) atoms. The molecule has 1 aliphatic rings. The van der Waals surface area contributed by atoms with Gasteiger partial charge in [0.1, 0.15) is 0 Å². The summed E-state index contributed by atoms with van der Waals surface area (Å²) in [5.74, 6) is -0.174. The van der Waals surface area contributed by atoms with Gasteiger partial charge in [-0.05, 0) is 37.1 Å². The van der Waals surface area contributed by atoms with Crippen molar-refractivity contribution in [2.75, 3.05) is 26.7 Å². The third-order valence-corrected chi connectivity index (χ3v) is 5.33. The molecule has 0 unspecified atom stereocenters. The van der Waals surface area contributed by atoms with Crippen molar-refractivity contribution in [3.63, 3.8) is 0 Å². The second kappa shape index (κ2) is 6.24. The fourth-order valence-corrected chi connectivity index (χ4v) is 3.34. The van der Waals surface area contributed by atoms with Gasteiger partial charge in [0, 0.05) is 20.1 Å². The van der Waals surface area contributed by atoms with Crippen LogP contribution in [0.5, 0.6) is 0 Å². The summed E-state index contributed by atoms with van der Waals surface area (Å²) in [6, 6.07) is 7.59. The molecular weight excluding hydrogens is 290 g/mol. The van der Waals surface area contributed by atoms with E-state index < -0.39 is 10.0 Å². The minimum Gasteiger partial charge on any atom is -0.342 e. The maximum Gasteiger partial charge on any atom is 0.243 e. The molecule has 1 heterocycles. The molecule has 1 fully saturated rings. The summed E-state index contributed by atoms with van der Waals surface area (Å²) in [6.07, 6.45) is 1.94. The van der Waals surface area contributed by atoms with Gasteiger partial charge in [-0.15, -0.1) is 0 Å². The van der Waals surface area contributed by atoms with Crippen LogP contribution in [0.15, 0.2) is 29.2 Å². The average Bonchev–Trinajstić information content (AvgIpc) is 3.01. The van der Waals surface area contributed by atoms with E-state index in [2.05, 4.69) is 0 Å². The Morgan fingerprint density at radius 3 is 2.38 bits per heavy atom. The summed E-state index contributed by atoms with van der Waals surface area (Å²) in [5, 5.41) is 8.72. The molecule has 1 saturated heterocycles. The van der Waals surface area contributed by atoms with Gasteiger partial charge in [0.25, 0.3) is 0 Å². The summed E-state index contributed by atoms with van der Waals surface area (Å²) >= 11 is 0. The number of carbonyl (C=O) groups is 1. The van der Waals surface area contributed by atoms with Gasteiger partial charge in [-0.2, -0.15) is 9.57 Å². The molecule has 0 N–H and O–H groups in total. The van der Waals surface area contributed by atoms with E-state index in [1.807, 2.05) is 6.07 Å². The quantitative estimate of drug-likeness (QED) is 0.824. The molecular formula is C14H17N3O3S. The Morgan fingerprint density at radius 1 is 1.29 bits per heavy atom. The number of likely N-dealkylation sites (N-methyl/N-ethyl adjacent to an activating group) is 1. The topological polar surface area (TPSA) is 81.5 Å². The Hall–Kier alpha value is -1.91. The number of nitrogens with zero attached hydrogens (tertiary/aromatic N) is 3. The van der Waals surface area contributed by atoms with Crippen LogP contribution in [0.4, 0.5) is 0 Å². The first-order valence-corrected chi connectivity index (χ1v) is 8.13. The summed E-state index contributed by atoms with van der Waals surface area (Å²) in [4.78, 5) is 13.8. The van der Waals surface area contributed by atoms with Gasteiger partial charge < -0.3 is 4.90 Å². The largest absolute Gasteiger partial charge is 0.342 e. The Morgan fingerprint density at radius 2 is 1.86 bits per heavy atom. The Balaban J connectivity index is 2.10. The molecule has 1 aliphatic heterocycles. The van der Waals surface area contributed by atoms with Crippen LogP contribution in [0.3, 0.4) is 0 Å². The molecule has 0 bridgehead atoms. The molecule has 1 aromatic rings. The van der Waals surface area contributed by atoms with Crippen molar-refractivity contribution in [3.8, 4) is 6.07 Å². The molecule has 0 radical (unpaired) electrons. The molecule has 1 amide bonds. The lowest BCUT2D eigenvalue weighted by atomic mass is 10.2. The van der Waals surface area contributed by atoms with E-state index in [-0.39, 0.29) is 17.3 Å². The number of rotatable bonds is 4. The van der Waals surface area contributed by atoms with Crippen molar-refractivity contribution in [1.82, 2.24) is 9.21 Å². The van der Waals surface area contributed by atoms with Gasteiger partial charge in [0.05, 0.1) is 23.1 Å². The van der Waals surface area contributed by atoms with Crippen molar-refractivity contribution >= 4 is 15.9 Å². The minimum absolute atomic E-state index is 0.0817. The molecule has 0 aromatic heterocycles. The van der Waals surface area contributed by atoms with Crippen molar-refractivity contribution in [3.05, 3.63) is 29.8 Å². The van der Waals surface area contributed by atoms with Gasteiger partial charge >= 0.3 is 0 Å². The molecule has 2 rings (SSSR count). The normalized spacial score (nSPS) is 15.2. The number of benzene rings is 1. The highest BCUT2D eigenvalue weighted by atomic mass is 32.2. The fourth-order valence-electron chi connectivity index (χ4n) is 2.22. The zero-order chi connectivity index (χ0) is 15.5. The van der Waals surface area contributed by atoms with Crippen LogP contribution in [0.25, 0.3) is 0 Å². The van der Waals surface area contributed by atoms with E-state index in [0.717, 1.165) is 17.1 Å². The molecule has 112 valence electrons. The zero-order valence-electron chi connectivity index (χ0n) is 11.8. The highest BCUT2D eigenvalue weighted by Gasteiger charge is 2.26. The summed E-state index contributed by atoms with van der Waals surface area (Å²) in [7, 11) is -2.32. The van der Waals surface area contributed by atoms with Crippen molar-refractivity contribution in [2.24, 2.45) is 0 Å². The van der Waals surface area contributed by atoms with Crippen molar-refractivity contribution < 1.29 is 13.2 Å². The summed E-state index contributed by atoms with van der Waals surface area (Å²) < 4.78 is 25.8. The first-order chi connectivity index (χ1) is 9.95. The number of amides is 1. The average molecular weight is 307 g/mol. The second-order valence-corrected chi connectivity index (χ2v) is 7.03. The first kappa shape index (κ1) is 15.5. The van der Waals surface area contributed by atoms with E-state index in [1.54, 1.807) is 4.90 Å². The first-order valence-electron chi connectivity index (χ1n) is 6.69. The van der Waals surface area contributed by atoms with Crippen LogP contribution in [0.2, 0.25) is 0 Å². The van der Waals surface area contributed by atoms with Crippen molar-refractivity contribution in [1.29, 1.82) is 5.26 Å². The van der Waals surface area contributed by atoms with Gasteiger partial charge in [-0.3, -0.25) is 4.79 Å². The maximum atomic E-state index is 12.4. The van der Waals surface area contributed by atoms with Crippen molar-refractivity contribution in [2.45, 2.75) is 17.7 Å². The Bertz CT molecular complexity index is 656. The lowest BCUT2D eigenvalue weighted by molar-refractivity contribution is -0.130. The van der Waals surface area contributed by atoms with Crippen LogP contribution in [-0.4, -0.2) is 50.2 Å². The Kier molecular flexibility index (Phi) is 4.60. The van der Waals surface area contributed by atoms with Crippen LogP contribution in [0, 0.1) is 11.3 Å². The fraction of sp³-hybridized carbons (Fsp3) is 0.429. The van der Waals surface area contributed by atoms with Gasteiger partial charge in [-0.1, -0.05) is 0 Å². The zero-order valence-corrected chi connectivity index (χ0v) is 12.6. The molecule has 0 saturated carbocycles. The molecule has 1 aromatic carbocycles. The number of likely N-dealkylation sites (tertiary alicyclic amines) is 1. The standard InChI is InChI=1S/C14H17N3O3S/c1-16(11-14(18)17-8-2-3-9-17)21(19,20)13-6-4-12(10-15)5-7-13/h4-7H,2-3,8-9,11H2,1H3. The molecule has 0 aliphatic carbocycles. The Labute approximate surface area is 124 Å². The van der Waals surface area contributed by atoms with E-state index >= 15 is 0 Å².